The molecule has 7 N–H and O–H groups in total. The van der Waals surface area contributed by atoms with Gasteiger partial charge in [-0.2, -0.15) is 0 Å². The topological polar surface area (TPSA) is 340 Å². The maximum atomic E-state index is 15.4. The smallest absolute Gasteiger partial charge is 0.410 e. The summed E-state index contributed by atoms with van der Waals surface area (Å²) in [7, 11) is 1.33. The fourth-order valence-electron chi connectivity index (χ4n) is 11.1. The first-order chi connectivity index (χ1) is 42.1. The maximum absolute atomic E-state index is 15.4. The SMILES string of the molecule is CC[C@@]1(O)C(=O)OCc2c1cc1n(c2=O)Cc2c-1nc1cc(F)c(C)c3c1c2[C@@H](NC(=O)CC(=O)CN(C)C(=O)OCc1ccc(NC(=O)CNC(=O)[C@H](Cc2ccccc2)NC(=O)CNC(=O)CNC(=O)CCCCCN2C(=O)C=CC2=O)cc1)CC3. The Balaban J connectivity index is 0.710. The van der Waals surface area contributed by atoms with Crippen LogP contribution in [-0.2, 0) is 95.6 Å². The molecule has 88 heavy (non-hydrogen) atoms. The van der Waals surface area contributed by atoms with Gasteiger partial charge in [0.15, 0.2) is 11.4 Å². The van der Waals surface area contributed by atoms with Crippen molar-refractivity contribution in [2.75, 3.05) is 45.1 Å². The summed E-state index contributed by atoms with van der Waals surface area (Å²) < 4.78 is 27.5. The number of rotatable bonds is 25. The Morgan fingerprint density at radius 2 is 1.53 bits per heavy atom. The van der Waals surface area contributed by atoms with Crippen LogP contribution in [0.5, 0.6) is 0 Å². The lowest BCUT2D eigenvalue weighted by Gasteiger charge is -2.31. The predicted molar refractivity (Wildman–Crippen MR) is 311 cm³/mol. The molecule has 3 atom stereocenters. The number of amides is 9. The van der Waals surface area contributed by atoms with Crippen LogP contribution in [0.3, 0.4) is 0 Å². The van der Waals surface area contributed by atoms with Gasteiger partial charge in [-0.05, 0) is 85.0 Å². The largest absolute Gasteiger partial charge is 0.458 e. The molecule has 3 aliphatic heterocycles. The van der Waals surface area contributed by atoms with Gasteiger partial charge < -0.3 is 55.9 Å². The summed E-state index contributed by atoms with van der Waals surface area (Å²) in [6.07, 6.45) is 3.24. The van der Waals surface area contributed by atoms with Gasteiger partial charge in [0.1, 0.15) is 25.1 Å². The molecule has 0 fully saturated rings. The molecule has 0 unspecified atom stereocenters. The van der Waals surface area contributed by atoms with E-state index in [9.17, 15) is 62.6 Å². The van der Waals surface area contributed by atoms with E-state index in [2.05, 4.69) is 31.9 Å². The number of unbranched alkanes of at least 4 members (excludes halogenated alkanes) is 2. The normalized spacial score (nSPS) is 16.4. The molecule has 0 spiro atoms. The van der Waals surface area contributed by atoms with Crippen LogP contribution in [-0.4, -0.2) is 135 Å². The van der Waals surface area contributed by atoms with Crippen LogP contribution in [0.1, 0.15) is 102 Å². The first-order valence-electron chi connectivity index (χ1n) is 28.7. The molecule has 4 aliphatic rings. The van der Waals surface area contributed by atoms with Crippen LogP contribution in [0.15, 0.2) is 83.7 Å². The fraction of sp³-hybridized carbons (Fsp3) is 0.371. The molecule has 0 bridgehead atoms. The summed E-state index contributed by atoms with van der Waals surface area (Å²) in [6, 6.07) is 16.0. The van der Waals surface area contributed by atoms with E-state index in [0.29, 0.717) is 87.9 Å². The van der Waals surface area contributed by atoms with Gasteiger partial charge in [-0.15, -0.1) is 0 Å². The number of anilines is 1. The highest BCUT2D eigenvalue weighted by Crippen LogP contribution is 2.46. The second-order valence-corrected chi connectivity index (χ2v) is 21.9. The van der Waals surface area contributed by atoms with Gasteiger partial charge in [0.2, 0.25) is 35.4 Å². The molecular formula is C62H65FN10O15. The monoisotopic (exact) mass is 1210 g/mol. The van der Waals surface area contributed by atoms with E-state index in [0.717, 1.165) is 9.80 Å². The number of esters is 1. The number of fused-ring (bicyclic) bond motifs is 5. The number of hydrogen-bond acceptors (Lipinski definition) is 16. The minimum atomic E-state index is -2.07. The Labute approximate surface area is 502 Å². The number of aromatic nitrogens is 2. The summed E-state index contributed by atoms with van der Waals surface area (Å²) in [5.41, 5.74) is 2.43. The molecule has 3 aromatic carbocycles. The predicted octanol–water partition coefficient (Wildman–Crippen LogP) is 2.36. The Kier molecular flexibility index (Phi) is 19.3. The standard InChI is InChI=1S/C62H65FN10O15/c1-4-62(86)42-25-47-57-40(31-73(47)59(83)41(42)33-87-60(62)84)56-44(19-18-39-34(2)43(63)26-45(70-57)55(39)56)68-49(76)24-38(74)30-71(3)61(85)88-32-36-14-16-37(17-15-36)67-51(78)29-66-58(82)46(23-35-11-7-5-8-12-35)69-52(79)28-65-50(77)27-64-48(75)13-9-6-10-22-72-53(80)20-21-54(72)81/h5,7-8,11-12,14-17,20-21,25-26,44,46,86H,4,6,9-10,13,18-19,22-24,27-33H2,1-3H3,(H,64,75)(H,65,77)(H,66,82)(H,67,78)(H,68,76)(H,69,79)/t44-,46-,62-/m0/s1. The first kappa shape index (κ1) is 62.5. The fourth-order valence-corrected chi connectivity index (χ4v) is 11.1. The van der Waals surface area contributed by atoms with Crippen molar-refractivity contribution in [1.29, 1.82) is 0 Å². The van der Waals surface area contributed by atoms with Gasteiger partial charge in [0.25, 0.3) is 17.4 Å². The number of aliphatic hydroxyl groups is 1. The summed E-state index contributed by atoms with van der Waals surface area (Å²) in [4.78, 5) is 161. The minimum absolute atomic E-state index is 0.0219. The third kappa shape index (κ3) is 14.1. The quantitative estimate of drug-likeness (QED) is 0.0187. The zero-order chi connectivity index (χ0) is 63.0. The van der Waals surface area contributed by atoms with E-state index in [1.807, 2.05) is 0 Å². The molecule has 1 aliphatic carbocycles. The van der Waals surface area contributed by atoms with Gasteiger partial charge in [-0.3, -0.25) is 52.8 Å². The number of carbonyl (C=O) groups excluding carboxylic acids is 11. The number of hydrogen-bond donors (Lipinski definition) is 7. The van der Waals surface area contributed by atoms with Crippen LogP contribution in [0.25, 0.3) is 22.3 Å². The van der Waals surface area contributed by atoms with Crippen LogP contribution < -0.4 is 37.5 Å². The summed E-state index contributed by atoms with van der Waals surface area (Å²) in [5.74, 6) is -6.44. The second-order valence-electron chi connectivity index (χ2n) is 21.9. The van der Waals surface area contributed by atoms with E-state index < -0.39 is 115 Å². The van der Waals surface area contributed by atoms with Crippen molar-refractivity contribution < 1.29 is 71.7 Å². The molecular weight excluding hydrogens is 1140 g/mol. The van der Waals surface area contributed by atoms with Gasteiger partial charge in [0, 0.05) is 66.9 Å². The minimum Gasteiger partial charge on any atom is -0.458 e. The molecule has 0 saturated heterocycles. The van der Waals surface area contributed by atoms with E-state index in [1.165, 1.54) is 42.0 Å². The van der Waals surface area contributed by atoms with E-state index >= 15 is 4.39 Å². The summed E-state index contributed by atoms with van der Waals surface area (Å²) >= 11 is 0. The van der Waals surface area contributed by atoms with Crippen molar-refractivity contribution in [1.82, 2.24) is 45.9 Å². The number of imide groups is 1. The Hall–Kier alpha value is -9.98. The number of Topliss-reactive ketones (excluding diaryl/α,β-unsaturated/α-hetero) is 1. The van der Waals surface area contributed by atoms with Crippen molar-refractivity contribution in [3.63, 3.8) is 0 Å². The lowest BCUT2D eigenvalue weighted by molar-refractivity contribution is -0.172. The summed E-state index contributed by atoms with van der Waals surface area (Å²) in [5, 5.41) is 27.6. The number of likely N-dealkylation sites (N-methyl/N-ethyl adjacent to an activating group) is 1. The van der Waals surface area contributed by atoms with Crippen LogP contribution in [0.4, 0.5) is 14.9 Å². The van der Waals surface area contributed by atoms with Crippen molar-refractivity contribution in [2.24, 2.45) is 0 Å². The zero-order valence-electron chi connectivity index (χ0n) is 48.5. The van der Waals surface area contributed by atoms with E-state index in [4.69, 9.17) is 14.5 Å². The van der Waals surface area contributed by atoms with Crippen LogP contribution in [0, 0.1) is 12.7 Å². The second kappa shape index (κ2) is 27.2. The number of ether oxygens (including phenoxy) is 2. The van der Waals surface area contributed by atoms with Crippen molar-refractivity contribution in [3.8, 4) is 11.4 Å². The van der Waals surface area contributed by atoms with E-state index in [-0.39, 0.29) is 74.0 Å². The molecule has 5 aromatic rings. The highest BCUT2D eigenvalue weighted by Gasteiger charge is 2.46. The number of ketones is 1. The molecule has 5 heterocycles. The Bertz CT molecular complexity index is 3760. The molecule has 9 rings (SSSR count). The third-order valence-corrected chi connectivity index (χ3v) is 15.8. The molecule has 2 aromatic heterocycles. The number of nitrogens with zero attached hydrogens (tertiary/aromatic N) is 4. The highest BCUT2D eigenvalue weighted by atomic mass is 19.1. The number of benzene rings is 3. The average Bonchev–Trinajstić information content (AvgIpc) is 1.56. The number of pyridine rings is 2. The highest BCUT2D eigenvalue weighted by molar-refractivity contribution is 6.13. The molecule has 0 radical (unpaired) electrons. The molecule has 9 amide bonds. The summed E-state index contributed by atoms with van der Waals surface area (Å²) in [6.45, 7) is 1.06. The Morgan fingerprint density at radius 3 is 2.26 bits per heavy atom. The molecule has 0 saturated carbocycles. The number of carbonyl (C=O) groups is 11. The average molecular weight is 1210 g/mol. The molecule has 26 heteroatoms. The number of cyclic esters (lactones) is 1. The van der Waals surface area contributed by atoms with Crippen LogP contribution >= 0.6 is 0 Å². The van der Waals surface area contributed by atoms with Gasteiger partial charge >= 0.3 is 12.1 Å². The van der Waals surface area contributed by atoms with Crippen molar-refractivity contribution in [2.45, 2.75) is 109 Å². The lowest BCUT2D eigenvalue weighted by atomic mass is 9.81. The third-order valence-electron chi connectivity index (χ3n) is 15.8. The van der Waals surface area contributed by atoms with Crippen molar-refractivity contribution >= 4 is 81.7 Å². The van der Waals surface area contributed by atoms with E-state index in [1.54, 1.807) is 62.4 Å². The first-order valence-corrected chi connectivity index (χ1v) is 28.7. The van der Waals surface area contributed by atoms with Crippen LogP contribution in [0.2, 0.25) is 0 Å². The molecule has 25 nitrogen and oxygen atoms in total. The lowest BCUT2D eigenvalue weighted by Crippen LogP contribution is -2.52. The maximum Gasteiger partial charge on any atom is 0.410 e. The Morgan fingerprint density at radius 1 is 0.830 bits per heavy atom. The number of halogens is 1. The van der Waals surface area contributed by atoms with Gasteiger partial charge in [-0.1, -0.05) is 55.8 Å². The van der Waals surface area contributed by atoms with Crippen molar-refractivity contribution in [3.05, 3.63) is 140 Å². The number of aryl methyl sites for hydroxylation is 1. The van der Waals surface area contributed by atoms with Gasteiger partial charge in [0.05, 0.1) is 67.7 Å². The zero-order valence-corrected chi connectivity index (χ0v) is 48.5. The molecule has 460 valence electrons. The van der Waals surface area contributed by atoms with Gasteiger partial charge in [-0.25, -0.2) is 19.0 Å². The number of nitrogens with one attached hydrogen (secondary N) is 6.